The minimum absolute atomic E-state index is 0.172. The zero-order chi connectivity index (χ0) is 20.5. The fraction of sp³-hybridized carbons (Fsp3) is 0.130. The fourth-order valence-corrected chi connectivity index (χ4v) is 2.72. The van der Waals surface area contributed by atoms with Crippen LogP contribution in [0.2, 0.25) is 5.02 Å². The van der Waals surface area contributed by atoms with Gasteiger partial charge in [0.1, 0.15) is 12.4 Å². The number of halogens is 1. The van der Waals surface area contributed by atoms with Gasteiger partial charge in [0.15, 0.2) is 0 Å². The van der Waals surface area contributed by atoms with Crippen LogP contribution in [0.25, 0.3) is 0 Å². The zero-order valence-corrected chi connectivity index (χ0v) is 16.5. The number of nitrogens with one attached hydrogen (secondary N) is 2. The van der Waals surface area contributed by atoms with Gasteiger partial charge in [-0.05, 0) is 54.1 Å². The van der Waals surface area contributed by atoms with Gasteiger partial charge >= 0.3 is 0 Å². The zero-order valence-electron chi connectivity index (χ0n) is 15.7. The average molecular weight is 409 g/mol. The third kappa shape index (κ3) is 6.66. The highest BCUT2D eigenvalue weighted by Crippen LogP contribution is 2.17. The van der Waals surface area contributed by atoms with Gasteiger partial charge in [0.25, 0.3) is 5.91 Å². The van der Waals surface area contributed by atoms with Gasteiger partial charge in [0.2, 0.25) is 5.91 Å². The summed E-state index contributed by atoms with van der Waals surface area (Å²) in [7, 11) is 0. The Labute approximate surface area is 174 Å². The van der Waals surface area contributed by atoms with Gasteiger partial charge in [0, 0.05) is 29.2 Å². The highest BCUT2D eigenvalue weighted by Gasteiger charge is 2.07. The van der Waals surface area contributed by atoms with Gasteiger partial charge in [-0.1, -0.05) is 41.9 Å². The first-order valence-electron chi connectivity index (χ1n) is 9.20. The molecule has 0 fully saturated rings. The van der Waals surface area contributed by atoms with Gasteiger partial charge in [-0.15, -0.1) is 0 Å². The largest absolute Gasteiger partial charge is 0.489 e. The standard InChI is InChI=1S/C23H21ClN2O3/c24-19-8-6-18(7-9-19)23(28)25-15-14-22(27)26-20-10-12-21(13-11-20)29-16-17-4-2-1-3-5-17/h1-13H,14-16H2,(H,25,28)(H,26,27). The molecule has 0 aliphatic heterocycles. The molecule has 0 radical (unpaired) electrons. The van der Waals surface area contributed by atoms with Crippen LogP contribution in [-0.4, -0.2) is 18.4 Å². The van der Waals surface area contributed by atoms with Crippen molar-refractivity contribution in [3.05, 3.63) is 95.0 Å². The van der Waals surface area contributed by atoms with Crippen LogP contribution in [0.5, 0.6) is 5.75 Å². The average Bonchev–Trinajstić information content (AvgIpc) is 2.74. The first-order chi connectivity index (χ1) is 14.1. The van der Waals surface area contributed by atoms with E-state index in [-0.39, 0.29) is 24.8 Å². The SMILES string of the molecule is O=C(CCNC(=O)c1ccc(Cl)cc1)Nc1ccc(OCc2ccccc2)cc1. The summed E-state index contributed by atoms with van der Waals surface area (Å²) in [6.07, 6.45) is 0.172. The lowest BCUT2D eigenvalue weighted by Crippen LogP contribution is -2.27. The fourth-order valence-electron chi connectivity index (χ4n) is 2.59. The Hall–Kier alpha value is -3.31. The van der Waals surface area contributed by atoms with Crippen molar-refractivity contribution in [3.63, 3.8) is 0 Å². The van der Waals surface area contributed by atoms with Gasteiger partial charge < -0.3 is 15.4 Å². The van der Waals surface area contributed by atoms with Crippen LogP contribution in [0.1, 0.15) is 22.3 Å². The van der Waals surface area contributed by atoms with Crippen LogP contribution in [0, 0.1) is 0 Å². The van der Waals surface area contributed by atoms with E-state index in [1.165, 1.54) is 0 Å². The highest BCUT2D eigenvalue weighted by molar-refractivity contribution is 6.30. The predicted molar refractivity (Wildman–Crippen MR) is 114 cm³/mol. The molecule has 2 N–H and O–H groups in total. The van der Waals surface area contributed by atoms with Gasteiger partial charge in [0.05, 0.1) is 0 Å². The lowest BCUT2D eigenvalue weighted by Gasteiger charge is -2.09. The summed E-state index contributed by atoms with van der Waals surface area (Å²) < 4.78 is 5.72. The second-order valence-corrected chi connectivity index (χ2v) is 6.80. The van der Waals surface area contributed by atoms with Gasteiger partial charge in [-0.3, -0.25) is 9.59 Å². The second-order valence-electron chi connectivity index (χ2n) is 6.36. The maximum atomic E-state index is 12.1. The van der Waals surface area contributed by atoms with E-state index in [1.807, 2.05) is 30.3 Å². The van der Waals surface area contributed by atoms with Crippen LogP contribution in [-0.2, 0) is 11.4 Å². The van der Waals surface area contributed by atoms with Crippen LogP contribution >= 0.6 is 11.6 Å². The summed E-state index contributed by atoms with van der Waals surface area (Å²) in [5.74, 6) is 0.302. The Morgan fingerprint density at radius 3 is 2.24 bits per heavy atom. The molecule has 2 amide bonds. The van der Waals surface area contributed by atoms with Crippen molar-refractivity contribution in [1.82, 2.24) is 5.32 Å². The molecule has 6 heteroatoms. The van der Waals surface area contributed by atoms with Crippen molar-refractivity contribution in [1.29, 1.82) is 0 Å². The Kier molecular flexibility index (Phi) is 7.25. The molecule has 29 heavy (non-hydrogen) atoms. The van der Waals surface area contributed by atoms with Gasteiger partial charge in [-0.25, -0.2) is 0 Å². The molecule has 0 bridgehead atoms. The third-order valence-corrected chi connectivity index (χ3v) is 4.38. The van der Waals surface area contributed by atoms with E-state index in [4.69, 9.17) is 16.3 Å². The summed E-state index contributed by atoms with van der Waals surface area (Å²) in [4.78, 5) is 24.1. The van der Waals surface area contributed by atoms with E-state index >= 15 is 0 Å². The molecule has 148 valence electrons. The monoisotopic (exact) mass is 408 g/mol. The first-order valence-corrected chi connectivity index (χ1v) is 9.58. The Morgan fingerprint density at radius 2 is 1.55 bits per heavy atom. The summed E-state index contributed by atoms with van der Waals surface area (Å²) in [6, 6.07) is 23.6. The molecular weight excluding hydrogens is 388 g/mol. The molecule has 0 saturated heterocycles. The second kappa shape index (κ2) is 10.3. The Morgan fingerprint density at radius 1 is 0.862 bits per heavy atom. The van der Waals surface area contributed by atoms with Crippen LogP contribution < -0.4 is 15.4 Å². The normalized spacial score (nSPS) is 10.2. The van der Waals surface area contributed by atoms with E-state index in [0.717, 1.165) is 11.3 Å². The quantitative estimate of drug-likeness (QED) is 0.568. The summed E-state index contributed by atoms with van der Waals surface area (Å²) in [6.45, 7) is 0.728. The number of amides is 2. The maximum Gasteiger partial charge on any atom is 0.251 e. The van der Waals surface area contributed by atoms with Crippen LogP contribution in [0.3, 0.4) is 0 Å². The Bertz CT molecular complexity index is 942. The summed E-state index contributed by atoms with van der Waals surface area (Å²) >= 11 is 5.80. The molecule has 0 heterocycles. The van der Waals surface area contributed by atoms with Crippen molar-refractivity contribution in [2.24, 2.45) is 0 Å². The van der Waals surface area contributed by atoms with Crippen molar-refractivity contribution in [3.8, 4) is 5.75 Å². The number of anilines is 1. The molecule has 0 aliphatic rings. The molecule has 0 aliphatic carbocycles. The van der Waals surface area contributed by atoms with E-state index < -0.39 is 0 Å². The smallest absolute Gasteiger partial charge is 0.251 e. The van der Waals surface area contributed by atoms with Crippen molar-refractivity contribution in [2.45, 2.75) is 13.0 Å². The van der Waals surface area contributed by atoms with E-state index in [2.05, 4.69) is 10.6 Å². The summed E-state index contributed by atoms with van der Waals surface area (Å²) in [5, 5.41) is 6.08. The van der Waals surface area contributed by atoms with Crippen molar-refractivity contribution in [2.75, 3.05) is 11.9 Å². The van der Waals surface area contributed by atoms with Crippen LogP contribution in [0.4, 0.5) is 5.69 Å². The predicted octanol–water partition coefficient (Wildman–Crippen LogP) is 4.68. The number of ether oxygens (including phenoxy) is 1. The molecule has 0 atom stereocenters. The van der Waals surface area contributed by atoms with Gasteiger partial charge in [-0.2, -0.15) is 0 Å². The number of rotatable bonds is 8. The third-order valence-electron chi connectivity index (χ3n) is 4.13. The molecule has 0 aromatic heterocycles. The lowest BCUT2D eigenvalue weighted by atomic mass is 10.2. The Balaban J connectivity index is 1.39. The molecule has 0 spiro atoms. The molecule has 3 rings (SSSR count). The number of carbonyl (C=O) groups excluding carboxylic acids is 2. The highest BCUT2D eigenvalue weighted by atomic mass is 35.5. The van der Waals surface area contributed by atoms with Crippen molar-refractivity contribution < 1.29 is 14.3 Å². The van der Waals surface area contributed by atoms with Crippen molar-refractivity contribution >= 4 is 29.1 Å². The van der Waals surface area contributed by atoms with E-state index in [0.29, 0.717) is 22.9 Å². The maximum absolute atomic E-state index is 12.1. The lowest BCUT2D eigenvalue weighted by molar-refractivity contribution is -0.116. The number of hydrogen-bond acceptors (Lipinski definition) is 3. The first kappa shape index (κ1) is 20.4. The van der Waals surface area contributed by atoms with E-state index in [1.54, 1.807) is 48.5 Å². The minimum atomic E-state index is -0.241. The topological polar surface area (TPSA) is 67.4 Å². The molecular formula is C23H21ClN2O3. The molecule has 0 unspecified atom stereocenters. The number of carbonyl (C=O) groups is 2. The molecule has 0 saturated carbocycles. The summed E-state index contributed by atoms with van der Waals surface area (Å²) in [5.41, 5.74) is 2.26. The molecule has 3 aromatic carbocycles. The number of hydrogen-bond donors (Lipinski definition) is 2. The van der Waals surface area contributed by atoms with E-state index in [9.17, 15) is 9.59 Å². The number of benzene rings is 3. The van der Waals surface area contributed by atoms with Crippen LogP contribution in [0.15, 0.2) is 78.9 Å². The molecule has 3 aromatic rings. The molecule has 5 nitrogen and oxygen atoms in total. The minimum Gasteiger partial charge on any atom is -0.489 e.